The molecule has 2 rings (SSSR count). The molecule has 1 aliphatic carbocycles. The maximum atomic E-state index is 12.1. The summed E-state index contributed by atoms with van der Waals surface area (Å²) in [5.74, 6) is 6.83. The van der Waals surface area contributed by atoms with Crippen LogP contribution in [0.5, 0.6) is 0 Å². The van der Waals surface area contributed by atoms with Gasteiger partial charge in [0.1, 0.15) is 6.61 Å². The molecule has 0 radical (unpaired) electrons. The highest BCUT2D eigenvalue weighted by Gasteiger charge is 2.27. The third-order valence-corrected chi connectivity index (χ3v) is 3.80. The van der Waals surface area contributed by atoms with Crippen molar-refractivity contribution in [2.45, 2.75) is 26.7 Å². The zero-order valence-corrected chi connectivity index (χ0v) is 12.1. The first-order chi connectivity index (χ1) is 9.61. The second-order valence-corrected chi connectivity index (χ2v) is 5.51. The van der Waals surface area contributed by atoms with Crippen molar-refractivity contribution in [3.05, 3.63) is 34.9 Å². The van der Waals surface area contributed by atoms with E-state index in [4.69, 9.17) is 5.11 Å². The molecular weight excluding hydrogens is 250 g/mol. The molecular formula is C17H21NO2. The van der Waals surface area contributed by atoms with E-state index in [2.05, 4.69) is 24.1 Å². The summed E-state index contributed by atoms with van der Waals surface area (Å²) in [5, 5.41) is 11.7. The van der Waals surface area contributed by atoms with Gasteiger partial charge in [0.15, 0.2) is 0 Å². The van der Waals surface area contributed by atoms with Gasteiger partial charge >= 0.3 is 0 Å². The minimum atomic E-state index is -0.152. The molecule has 1 saturated carbocycles. The van der Waals surface area contributed by atoms with Gasteiger partial charge in [-0.1, -0.05) is 18.8 Å². The molecule has 1 atom stereocenters. The lowest BCUT2D eigenvalue weighted by atomic mass is 10.0. The van der Waals surface area contributed by atoms with Gasteiger partial charge in [0.25, 0.3) is 5.91 Å². The summed E-state index contributed by atoms with van der Waals surface area (Å²) in [5.41, 5.74) is 2.47. The number of carbonyl (C=O) groups excluding carboxylic acids is 1. The molecule has 106 valence electrons. The van der Waals surface area contributed by atoms with Crippen LogP contribution in [0.15, 0.2) is 18.2 Å². The first-order valence-electron chi connectivity index (χ1n) is 7.10. The molecule has 1 aliphatic rings. The molecule has 0 heterocycles. The largest absolute Gasteiger partial charge is 0.384 e. The third-order valence-electron chi connectivity index (χ3n) is 3.80. The van der Waals surface area contributed by atoms with Crippen LogP contribution < -0.4 is 5.32 Å². The second kappa shape index (κ2) is 6.58. The number of benzene rings is 1. The van der Waals surface area contributed by atoms with Crippen LogP contribution in [0.4, 0.5) is 0 Å². The number of carbonyl (C=O) groups is 1. The number of aliphatic hydroxyl groups is 1. The van der Waals surface area contributed by atoms with E-state index in [0.29, 0.717) is 11.5 Å². The van der Waals surface area contributed by atoms with Gasteiger partial charge in [0, 0.05) is 17.7 Å². The van der Waals surface area contributed by atoms with Gasteiger partial charge in [-0.3, -0.25) is 4.79 Å². The van der Waals surface area contributed by atoms with E-state index in [1.165, 1.54) is 12.8 Å². The molecule has 2 N–H and O–H groups in total. The number of hydrogen-bond acceptors (Lipinski definition) is 2. The molecule has 1 amide bonds. The van der Waals surface area contributed by atoms with Crippen LogP contribution >= 0.6 is 0 Å². The van der Waals surface area contributed by atoms with Crippen molar-refractivity contribution < 1.29 is 9.90 Å². The fourth-order valence-corrected chi connectivity index (χ4v) is 2.27. The van der Waals surface area contributed by atoms with E-state index in [9.17, 15) is 4.79 Å². The van der Waals surface area contributed by atoms with Crippen molar-refractivity contribution in [1.29, 1.82) is 0 Å². The van der Waals surface area contributed by atoms with Crippen molar-refractivity contribution in [2.24, 2.45) is 11.8 Å². The van der Waals surface area contributed by atoms with E-state index < -0.39 is 0 Å². The Kier molecular flexibility index (Phi) is 4.81. The Morgan fingerprint density at radius 3 is 2.85 bits per heavy atom. The molecule has 0 bridgehead atoms. The fraction of sp³-hybridized carbons (Fsp3) is 0.471. The molecule has 3 nitrogen and oxygen atoms in total. The Bertz CT molecular complexity index is 550. The monoisotopic (exact) mass is 271 g/mol. The van der Waals surface area contributed by atoms with Crippen LogP contribution in [0, 0.1) is 30.6 Å². The van der Waals surface area contributed by atoms with Crippen molar-refractivity contribution >= 4 is 5.91 Å². The normalized spacial score (nSPS) is 15.2. The summed E-state index contributed by atoms with van der Waals surface area (Å²) in [4.78, 5) is 12.1. The maximum absolute atomic E-state index is 12.1. The van der Waals surface area contributed by atoms with Crippen molar-refractivity contribution in [3.8, 4) is 11.8 Å². The number of amides is 1. The second-order valence-electron chi connectivity index (χ2n) is 5.51. The molecule has 1 fully saturated rings. The lowest BCUT2D eigenvalue weighted by molar-refractivity contribution is 0.0946. The van der Waals surface area contributed by atoms with Crippen LogP contribution in [0.1, 0.15) is 41.3 Å². The van der Waals surface area contributed by atoms with E-state index in [-0.39, 0.29) is 12.5 Å². The molecule has 1 unspecified atom stereocenters. The van der Waals surface area contributed by atoms with Crippen LogP contribution in [0.2, 0.25) is 0 Å². The molecule has 0 aliphatic heterocycles. The standard InChI is InChI=1S/C17H21NO2/c1-12-10-16(8-7-14(12)4-3-9-19)17(20)18-11-13(2)15-5-6-15/h7-8,10,13,15,19H,5-6,9,11H2,1-2H3,(H,18,20). The third kappa shape index (κ3) is 3.85. The van der Waals surface area contributed by atoms with Gasteiger partial charge in [0.2, 0.25) is 0 Å². The van der Waals surface area contributed by atoms with Gasteiger partial charge in [0.05, 0.1) is 0 Å². The summed E-state index contributed by atoms with van der Waals surface area (Å²) in [6.07, 6.45) is 2.60. The van der Waals surface area contributed by atoms with Crippen molar-refractivity contribution in [2.75, 3.05) is 13.2 Å². The Morgan fingerprint density at radius 2 is 2.25 bits per heavy atom. The molecule has 3 heteroatoms. The zero-order chi connectivity index (χ0) is 14.5. The Balaban J connectivity index is 1.97. The van der Waals surface area contributed by atoms with Crippen molar-refractivity contribution in [1.82, 2.24) is 5.32 Å². The van der Waals surface area contributed by atoms with E-state index in [0.717, 1.165) is 23.6 Å². The van der Waals surface area contributed by atoms with Gasteiger partial charge in [-0.05, 0) is 55.4 Å². The van der Waals surface area contributed by atoms with Gasteiger partial charge in [-0.15, -0.1) is 0 Å². The average molecular weight is 271 g/mol. The van der Waals surface area contributed by atoms with Crippen molar-refractivity contribution in [3.63, 3.8) is 0 Å². The maximum Gasteiger partial charge on any atom is 0.251 e. The molecule has 0 spiro atoms. The summed E-state index contributed by atoms with van der Waals surface area (Å²) in [6.45, 7) is 4.71. The number of hydrogen-bond donors (Lipinski definition) is 2. The minimum Gasteiger partial charge on any atom is -0.384 e. The van der Waals surface area contributed by atoms with Crippen LogP contribution in [-0.4, -0.2) is 24.2 Å². The SMILES string of the molecule is Cc1cc(C(=O)NCC(C)C2CC2)ccc1C#CCO. The molecule has 1 aromatic rings. The van der Waals surface area contributed by atoms with Gasteiger partial charge in [-0.2, -0.15) is 0 Å². The lowest BCUT2D eigenvalue weighted by Crippen LogP contribution is -2.29. The Hall–Kier alpha value is -1.79. The van der Waals surface area contributed by atoms with Crippen LogP contribution in [-0.2, 0) is 0 Å². The first-order valence-corrected chi connectivity index (χ1v) is 7.10. The molecule has 0 saturated heterocycles. The van der Waals surface area contributed by atoms with E-state index in [1.54, 1.807) is 6.07 Å². The quantitative estimate of drug-likeness (QED) is 0.824. The van der Waals surface area contributed by atoms with Crippen LogP contribution in [0.3, 0.4) is 0 Å². The highest BCUT2D eigenvalue weighted by Crippen LogP contribution is 2.36. The molecule has 1 aromatic carbocycles. The molecule has 0 aromatic heterocycles. The fourth-order valence-electron chi connectivity index (χ4n) is 2.27. The van der Waals surface area contributed by atoms with E-state index >= 15 is 0 Å². The summed E-state index contributed by atoms with van der Waals surface area (Å²) >= 11 is 0. The first kappa shape index (κ1) is 14.6. The average Bonchev–Trinajstić information content (AvgIpc) is 3.27. The predicted molar refractivity (Wildman–Crippen MR) is 79.4 cm³/mol. The Morgan fingerprint density at radius 1 is 1.50 bits per heavy atom. The summed E-state index contributed by atoms with van der Waals surface area (Å²) < 4.78 is 0. The molecule has 20 heavy (non-hydrogen) atoms. The zero-order valence-electron chi connectivity index (χ0n) is 12.1. The van der Waals surface area contributed by atoms with E-state index in [1.807, 2.05) is 19.1 Å². The minimum absolute atomic E-state index is 0.0257. The van der Waals surface area contributed by atoms with Crippen LogP contribution in [0.25, 0.3) is 0 Å². The van der Waals surface area contributed by atoms with Gasteiger partial charge in [-0.25, -0.2) is 0 Å². The number of rotatable bonds is 4. The van der Waals surface area contributed by atoms with Gasteiger partial charge < -0.3 is 10.4 Å². The number of aryl methyl sites for hydroxylation is 1. The smallest absolute Gasteiger partial charge is 0.251 e. The number of aliphatic hydroxyl groups excluding tert-OH is 1. The highest BCUT2D eigenvalue weighted by molar-refractivity contribution is 5.94. The number of nitrogens with one attached hydrogen (secondary N) is 1. The topological polar surface area (TPSA) is 49.3 Å². The Labute approximate surface area is 120 Å². The summed E-state index contributed by atoms with van der Waals surface area (Å²) in [7, 11) is 0. The summed E-state index contributed by atoms with van der Waals surface area (Å²) in [6, 6.07) is 5.46. The lowest BCUT2D eigenvalue weighted by Gasteiger charge is -2.12. The highest BCUT2D eigenvalue weighted by atomic mass is 16.2. The predicted octanol–water partition coefficient (Wildman–Crippen LogP) is 2.11.